The minimum absolute atomic E-state index is 0.0793. The highest BCUT2D eigenvalue weighted by Crippen LogP contribution is 2.27. The van der Waals surface area contributed by atoms with Crippen molar-refractivity contribution in [2.45, 2.75) is 19.5 Å². The molecule has 0 fully saturated rings. The van der Waals surface area contributed by atoms with Gasteiger partial charge in [-0.2, -0.15) is 0 Å². The molecule has 0 saturated heterocycles. The van der Waals surface area contributed by atoms with Crippen molar-refractivity contribution in [1.82, 2.24) is 5.32 Å². The molecule has 1 atom stereocenters. The number of halogens is 1. The molecule has 3 aromatic rings. The predicted octanol–water partition coefficient (Wildman–Crippen LogP) is 3.81. The Morgan fingerprint density at radius 1 is 1.17 bits per heavy atom. The van der Waals surface area contributed by atoms with Crippen molar-refractivity contribution >= 4 is 0 Å². The zero-order valence-electron chi connectivity index (χ0n) is 12.8. The first-order chi connectivity index (χ1) is 11.2. The summed E-state index contributed by atoms with van der Waals surface area (Å²) < 4.78 is 24.7. The van der Waals surface area contributed by atoms with Crippen LogP contribution in [0.15, 0.2) is 57.6 Å². The monoisotopic (exact) mass is 315 g/mol. The van der Waals surface area contributed by atoms with Gasteiger partial charge < -0.3 is 13.9 Å². The zero-order chi connectivity index (χ0) is 16.2. The van der Waals surface area contributed by atoms with Crippen molar-refractivity contribution in [3.05, 3.63) is 71.6 Å². The van der Waals surface area contributed by atoms with Gasteiger partial charge in [0.2, 0.25) is 0 Å². The second kappa shape index (κ2) is 6.81. The molecule has 4 nitrogen and oxygen atoms in total. The van der Waals surface area contributed by atoms with E-state index in [0.29, 0.717) is 29.4 Å². The largest absolute Gasteiger partial charge is 0.468 e. The minimum Gasteiger partial charge on any atom is -0.468 e. The van der Waals surface area contributed by atoms with Gasteiger partial charge in [0.1, 0.15) is 23.1 Å². The first-order valence-electron chi connectivity index (χ1n) is 7.41. The highest BCUT2D eigenvalue weighted by Gasteiger charge is 2.14. The number of aliphatic hydroxyl groups excluding tert-OH is 1. The number of benzene rings is 1. The van der Waals surface area contributed by atoms with Gasteiger partial charge in [0.25, 0.3) is 0 Å². The minimum atomic E-state index is -0.297. The van der Waals surface area contributed by atoms with E-state index in [1.807, 2.05) is 18.2 Å². The summed E-state index contributed by atoms with van der Waals surface area (Å²) in [5.74, 6) is 1.74. The Morgan fingerprint density at radius 3 is 2.78 bits per heavy atom. The summed E-state index contributed by atoms with van der Waals surface area (Å²) in [5.41, 5.74) is 1.30. The SMILES string of the molecule is Cc1c(F)cccc1-c1ccc(CNC(CO)c2ccco2)o1. The normalized spacial score (nSPS) is 12.5. The van der Waals surface area contributed by atoms with Crippen LogP contribution in [0.5, 0.6) is 0 Å². The molecule has 0 aliphatic heterocycles. The molecule has 120 valence electrons. The maximum Gasteiger partial charge on any atom is 0.134 e. The molecule has 2 aromatic heterocycles. The van der Waals surface area contributed by atoms with E-state index in [2.05, 4.69) is 5.32 Å². The van der Waals surface area contributed by atoms with Crippen molar-refractivity contribution in [2.24, 2.45) is 0 Å². The van der Waals surface area contributed by atoms with Crippen LogP contribution in [-0.2, 0) is 6.54 Å². The Labute approximate surface area is 133 Å². The third-order valence-electron chi connectivity index (χ3n) is 3.79. The standard InChI is InChI=1S/C18H18FNO3/c1-12-14(4-2-5-15(12)19)17-8-7-13(23-17)10-20-16(11-21)18-6-3-9-22-18/h2-9,16,20-21H,10-11H2,1H3. The maximum atomic E-state index is 13.6. The van der Waals surface area contributed by atoms with Crippen LogP contribution in [0.25, 0.3) is 11.3 Å². The fourth-order valence-electron chi connectivity index (χ4n) is 2.46. The Hall–Kier alpha value is -2.37. The predicted molar refractivity (Wildman–Crippen MR) is 84.2 cm³/mol. The highest BCUT2D eigenvalue weighted by atomic mass is 19.1. The molecular weight excluding hydrogens is 297 g/mol. The lowest BCUT2D eigenvalue weighted by atomic mass is 10.1. The Balaban J connectivity index is 1.71. The molecule has 0 amide bonds. The molecule has 23 heavy (non-hydrogen) atoms. The molecule has 0 aliphatic carbocycles. The molecule has 3 rings (SSSR count). The highest BCUT2D eigenvalue weighted by molar-refractivity contribution is 5.62. The molecule has 2 heterocycles. The first-order valence-corrected chi connectivity index (χ1v) is 7.41. The topological polar surface area (TPSA) is 58.5 Å². The van der Waals surface area contributed by atoms with Gasteiger partial charge in [-0.15, -0.1) is 0 Å². The number of rotatable bonds is 6. The van der Waals surface area contributed by atoms with Crippen molar-refractivity contribution < 1.29 is 18.3 Å². The average molecular weight is 315 g/mol. The van der Waals surface area contributed by atoms with Crippen LogP contribution in [0.3, 0.4) is 0 Å². The van der Waals surface area contributed by atoms with E-state index in [0.717, 1.165) is 5.56 Å². The van der Waals surface area contributed by atoms with Gasteiger partial charge >= 0.3 is 0 Å². The van der Waals surface area contributed by atoms with E-state index in [1.54, 1.807) is 31.4 Å². The van der Waals surface area contributed by atoms with Gasteiger partial charge in [-0.05, 0) is 42.8 Å². The summed E-state index contributed by atoms with van der Waals surface area (Å²) >= 11 is 0. The first kappa shape index (κ1) is 15.5. The molecular formula is C18H18FNO3. The van der Waals surface area contributed by atoms with Gasteiger partial charge in [-0.3, -0.25) is 5.32 Å². The molecule has 1 unspecified atom stereocenters. The van der Waals surface area contributed by atoms with Crippen molar-refractivity contribution in [3.8, 4) is 11.3 Å². The van der Waals surface area contributed by atoms with Crippen LogP contribution in [0.1, 0.15) is 23.1 Å². The van der Waals surface area contributed by atoms with Crippen molar-refractivity contribution in [1.29, 1.82) is 0 Å². The van der Waals surface area contributed by atoms with E-state index < -0.39 is 0 Å². The third kappa shape index (κ3) is 3.36. The molecule has 2 N–H and O–H groups in total. The Bertz CT molecular complexity index is 764. The lowest BCUT2D eigenvalue weighted by molar-refractivity contribution is 0.223. The van der Waals surface area contributed by atoms with Crippen LogP contribution in [0, 0.1) is 12.7 Å². The summed E-state index contributed by atoms with van der Waals surface area (Å²) in [6.45, 7) is 2.08. The van der Waals surface area contributed by atoms with Gasteiger partial charge in [0.15, 0.2) is 0 Å². The van der Waals surface area contributed by atoms with E-state index in [9.17, 15) is 9.50 Å². The van der Waals surface area contributed by atoms with Crippen LogP contribution in [-0.4, -0.2) is 11.7 Å². The van der Waals surface area contributed by atoms with Crippen LogP contribution < -0.4 is 5.32 Å². The Morgan fingerprint density at radius 2 is 2.04 bits per heavy atom. The second-order valence-electron chi connectivity index (χ2n) is 5.31. The van der Waals surface area contributed by atoms with E-state index in [4.69, 9.17) is 8.83 Å². The lowest BCUT2D eigenvalue weighted by Crippen LogP contribution is -2.23. The van der Waals surface area contributed by atoms with Gasteiger partial charge in [-0.25, -0.2) is 4.39 Å². The summed E-state index contributed by atoms with van der Waals surface area (Å²) in [6.07, 6.45) is 1.57. The summed E-state index contributed by atoms with van der Waals surface area (Å²) in [4.78, 5) is 0. The maximum absolute atomic E-state index is 13.6. The van der Waals surface area contributed by atoms with Crippen LogP contribution in [0.4, 0.5) is 4.39 Å². The fourth-order valence-corrected chi connectivity index (χ4v) is 2.46. The Kier molecular flexibility index (Phi) is 4.60. The molecule has 1 aromatic carbocycles. The van der Waals surface area contributed by atoms with E-state index in [1.165, 1.54) is 6.07 Å². The molecule has 0 bridgehead atoms. The third-order valence-corrected chi connectivity index (χ3v) is 3.79. The number of furan rings is 2. The quantitative estimate of drug-likeness (QED) is 0.726. The molecule has 0 aliphatic rings. The van der Waals surface area contributed by atoms with Crippen molar-refractivity contribution in [3.63, 3.8) is 0 Å². The van der Waals surface area contributed by atoms with Crippen molar-refractivity contribution in [2.75, 3.05) is 6.61 Å². The summed E-state index contributed by atoms with van der Waals surface area (Å²) in [7, 11) is 0. The number of hydrogen-bond donors (Lipinski definition) is 2. The fraction of sp³-hybridized carbons (Fsp3) is 0.222. The van der Waals surface area contributed by atoms with Gasteiger partial charge in [0.05, 0.1) is 25.5 Å². The van der Waals surface area contributed by atoms with Crippen LogP contribution >= 0.6 is 0 Å². The van der Waals surface area contributed by atoms with E-state index >= 15 is 0 Å². The molecule has 5 heteroatoms. The smallest absolute Gasteiger partial charge is 0.134 e. The number of hydrogen-bond acceptors (Lipinski definition) is 4. The van der Waals surface area contributed by atoms with Gasteiger partial charge in [0, 0.05) is 5.56 Å². The second-order valence-corrected chi connectivity index (χ2v) is 5.31. The molecule has 0 spiro atoms. The lowest BCUT2D eigenvalue weighted by Gasteiger charge is -2.12. The number of aliphatic hydroxyl groups is 1. The van der Waals surface area contributed by atoms with E-state index in [-0.39, 0.29) is 18.5 Å². The number of nitrogens with one attached hydrogen (secondary N) is 1. The van der Waals surface area contributed by atoms with Crippen LogP contribution in [0.2, 0.25) is 0 Å². The summed E-state index contributed by atoms with van der Waals surface area (Å²) in [5, 5.41) is 12.6. The molecule has 0 saturated carbocycles. The summed E-state index contributed by atoms with van der Waals surface area (Å²) in [6, 6.07) is 11.9. The zero-order valence-corrected chi connectivity index (χ0v) is 12.8. The average Bonchev–Trinajstić information content (AvgIpc) is 3.22. The van der Waals surface area contributed by atoms with Gasteiger partial charge in [-0.1, -0.05) is 12.1 Å². The molecule has 0 radical (unpaired) electrons.